The van der Waals surface area contributed by atoms with Gasteiger partial charge in [-0.2, -0.15) is 0 Å². The minimum Gasteiger partial charge on any atom is -0.496 e. The van der Waals surface area contributed by atoms with Crippen LogP contribution in [0.3, 0.4) is 0 Å². The Morgan fingerprint density at radius 3 is 2.68 bits per heavy atom. The minimum atomic E-state index is -1.11. The van der Waals surface area contributed by atoms with Crippen molar-refractivity contribution in [1.29, 1.82) is 0 Å². The number of nitrogens with zero attached hydrogens (tertiary/aromatic N) is 1. The third-order valence-corrected chi connectivity index (χ3v) is 3.14. The van der Waals surface area contributed by atoms with Crippen LogP contribution in [0, 0.1) is 0 Å². The van der Waals surface area contributed by atoms with Crippen molar-refractivity contribution >= 4 is 11.9 Å². The zero-order valence-corrected chi connectivity index (χ0v) is 12.0. The van der Waals surface area contributed by atoms with E-state index in [0.29, 0.717) is 16.9 Å². The fourth-order valence-corrected chi connectivity index (χ4v) is 2.03. The Labute approximate surface area is 127 Å². The van der Waals surface area contributed by atoms with Gasteiger partial charge in [-0.05, 0) is 23.8 Å². The topological polar surface area (TPSA) is 88.5 Å². The molecule has 114 valence electrons. The highest BCUT2D eigenvalue weighted by Crippen LogP contribution is 2.19. The van der Waals surface area contributed by atoms with Crippen LogP contribution < -0.4 is 10.1 Å². The molecule has 2 aromatic rings. The van der Waals surface area contributed by atoms with Gasteiger partial charge in [0.05, 0.1) is 12.7 Å². The molecule has 1 heterocycles. The van der Waals surface area contributed by atoms with E-state index in [1.54, 1.807) is 42.6 Å². The van der Waals surface area contributed by atoms with Crippen LogP contribution in [-0.2, 0) is 11.2 Å². The van der Waals surface area contributed by atoms with E-state index in [0.717, 1.165) is 0 Å². The van der Waals surface area contributed by atoms with Gasteiger partial charge >= 0.3 is 5.97 Å². The summed E-state index contributed by atoms with van der Waals surface area (Å²) in [5, 5.41) is 11.8. The van der Waals surface area contributed by atoms with Crippen molar-refractivity contribution < 1.29 is 19.4 Å². The average Bonchev–Trinajstić information content (AvgIpc) is 2.55. The second-order valence-corrected chi connectivity index (χ2v) is 4.62. The summed E-state index contributed by atoms with van der Waals surface area (Å²) in [5.41, 5.74) is 1.03. The molecule has 0 aliphatic heterocycles. The van der Waals surface area contributed by atoms with Crippen LogP contribution in [0.2, 0.25) is 0 Å². The number of para-hydroxylation sites is 1. The van der Waals surface area contributed by atoms with E-state index in [1.807, 2.05) is 0 Å². The van der Waals surface area contributed by atoms with Crippen molar-refractivity contribution in [3.8, 4) is 5.75 Å². The molecule has 2 N–H and O–H groups in total. The Bertz CT molecular complexity index is 658. The zero-order valence-electron chi connectivity index (χ0n) is 12.0. The highest BCUT2D eigenvalue weighted by Gasteiger charge is 2.22. The van der Waals surface area contributed by atoms with Gasteiger partial charge in [-0.15, -0.1) is 0 Å². The van der Waals surface area contributed by atoms with Crippen LogP contribution >= 0.6 is 0 Å². The molecule has 22 heavy (non-hydrogen) atoms. The summed E-state index contributed by atoms with van der Waals surface area (Å²) >= 11 is 0. The van der Waals surface area contributed by atoms with Crippen molar-refractivity contribution in [3.05, 3.63) is 59.9 Å². The van der Waals surface area contributed by atoms with Crippen LogP contribution in [0.15, 0.2) is 48.8 Å². The van der Waals surface area contributed by atoms with Gasteiger partial charge < -0.3 is 15.2 Å². The maximum Gasteiger partial charge on any atom is 0.326 e. The highest BCUT2D eigenvalue weighted by molar-refractivity contribution is 5.96. The lowest BCUT2D eigenvalue weighted by molar-refractivity contribution is -0.139. The van der Waals surface area contributed by atoms with Crippen LogP contribution in [0.4, 0.5) is 0 Å². The molecule has 0 fully saturated rings. The molecule has 0 saturated carbocycles. The first kappa shape index (κ1) is 15.5. The molecule has 1 amide bonds. The van der Waals surface area contributed by atoms with Crippen molar-refractivity contribution in [1.82, 2.24) is 10.3 Å². The monoisotopic (exact) mass is 300 g/mol. The third-order valence-electron chi connectivity index (χ3n) is 3.14. The maximum absolute atomic E-state index is 12.1. The molecule has 1 atom stereocenters. The number of aromatic nitrogens is 1. The van der Waals surface area contributed by atoms with Crippen LogP contribution in [0.1, 0.15) is 15.9 Å². The fourth-order valence-electron chi connectivity index (χ4n) is 2.03. The predicted molar refractivity (Wildman–Crippen MR) is 79.8 cm³/mol. The molecule has 0 aliphatic carbocycles. The summed E-state index contributed by atoms with van der Waals surface area (Å²) in [5.74, 6) is -0.997. The van der Waals surface area contributed by atoms with Crippen LogP contribution in [0.5, 0.6) is 5.75 Å². The van der Waals surface area contributed by atoms with Crippen molar-refractivity contribution in [2.45, 2.75) is 12.5 Å². The fraction of sp³-hybridized carbons (Fsp3) is 0.188. The number of hydrogen-bond donors (Lipinski definition) is 2. The molecule has 0 spiro atoms. The molecule has 1 aromatic carbocycles. The first-order valence-electron chi connectivity index (χ1n) is 6.67. The molecule has 0 saturated heterocycles. The minimum absolute atomic E-state index is 0.130. The average molecular weight is 300 g/mol. The van der Waals surface area contributed by atoms with Gasteiger partial charge in [0.2, 0.25) is 0 Å². The molecule has 0 radical (unpaired) electrons. The Kier molecular flexibility index (Phi) is 5.08. The van der Waals surface area contributed by atoms with Gasteiger partial charge in [0.1, 0.15) is 11.8 Å². The smallest absolute Gasteiger partial charge is 0.326 e. The Hall–Kier alpha value is -2.89. The third kappa shape index (κ3) is 3.82. The molecule has 0 aliphatic rings. The number of rotatable bonds is 6. The lowest BCUT2D eigenvalue weighted by Gasteiger charge is -2.16. The van der Waals surface area contributed by atoms with E-state index in [4.69, 9.17) is 4.74 Å². The molecular formula is C16H16N2O4. The Morgan fingerprint density at radius 1 is 1.27 bits per heavy atom. The number of pyridine rings is 1. The first-order valence-corrected chi connectivity index (χ1v) is 6.67. The van der Waals surface area contributed by atoms with Gasteiger partial charge in [-0.3, -0.25) is 9.78 Å². The van der Waals surface area contributed by atoms with E-state index in [2.05, 4.69) is 10.3 Å². The van der Waals surface area contributed by atoms with E-state index in [9.17, 15) is 14.7 Å². The quantitative estimate of drug-likeness (QED) is 0.844. The SMILES string of the molecule is COc1ccccc1C[C@@H](NC(=O)c1cccnc1)C(=O)O. The van der Waals surface area contributed by atoms with Gasteiger partial charge in [-0.25, -0.2) is 4.79 Å². The summed E-state index contributed by atoms with van der Waals surface area (Å²) in [4.78, 5) is 27.3. The summed E-state index contributed by atoms with van der Waals surface area (Å²) in [6.45, 7) is 0. The first-order chi connectivity index (χ1) is 10.6. The normalized spacial score (nSPS) is 11.5. The summed E-state index contributed by atoms with van der Waals surface area (Å²) in [6, 6.07) is 9.24. The number of nitrogens with one attached hydrogen (secondary N) is 1. The number of benzene rings is 1. The lowest BCUT2D eigenvalue weighted by atomic mass is 10.0. The van der Waals surface area contributed by atoms with Gasteiger partial charge in [0, 0.05) is 18.8 Å². The van der Waals surface area contributed by atoms with E-state index < -0.39 is 17.9 Å². The van der Waals surface area contributed by atoms with E-state index >= 15 is 0 Å². The summed E-state index contributed by atoms with van der Waals surface area (Å²) in [7, 11) is 1.52. The molecule has 1 aromatic heterocycles. The van der Waals surface area contributed by atoms with Crippen molar-refractivity contribution in [3.63, 3.8) is 0 Å². The molecule has 6 heteroatoms. The number of carboxylic acids is 1. The zero-order chi connectivity index (χ0) is 15.9. The van der Waals surface area contributed by atoms with Crippen molar-refractivity contribution in [2.75, 3.05) is 7.11 Å². The number of hydrogen-bond acceptors (Lipinski definition) is 4. The van der Waals surface area contributed by atoms with E-state index in [-0.39, 0.29) is 6.42 Å². The lowest BCUT2D eigenvalue weighted by Crippen LogP contribution is -2.42. The summed E-state index contributed by atoms with van der Waals surface area (Å²) in [6.07, 6.45) is 3.06. The van der Waals surface area contributed by atoms with Crippen molar-refractivity contribution in [2.24, 2.45) is 0 Å². The van der Waals surface area contributed by atoms with Gasteiger partial charge in [-0.1, -0.05) is 18.2 Å². The largest absolute Gasteiger partial charge is 0.496 e. The molecule has 2 rings (SSSR count). The van der Waals surface area contributed by atoms with Gasteiger partial charge in [0.25, 0.3) is 5.91 Å². The summed E-state index contributed by atoms with van der Waals surface area (Å²) < 4.78 is 5.20. The number of carbonyl (C=O) groups excluding carboxylic acids is 1. The molecule has 0 bridgehead atoms. The maximum atomic E-state index is 12.1. The number of aliphatic carboxylic acids is 1. The van der Waals surface area contributed by atoms with Crippen LogP contribution in [-0.4, -0.2) is 35.1 Å². The number of carboxylic acid groups (broad SMARTS) is 1. The molecular weight excluding hydrogens is 284 g/mol. The standard InChI is InChI=1S/C16H16N2O4/c1-22-14-7-3-2-5-11(14)9-13(16(20)21)18-15(19)12-6-4-8-17-10-12/h2-8,10,13H,9H2,1H3,(H,18,19)(H,20,21)/t13-/m1/s1. The number of ether oxygens (including phenoxy) is 1. The Balaban J connectivity index is 2.14. The molecule has 0 unspecified atom stereocenters. The van der Waals surface area contributed by atoms with E-state index in [1.165, 1.54) is 13.3 Å². The Morgan fingerprint density at radius 2 is 2.05 bits per heavy atom. The number of amides is 1. The van der Waals surface area contributed by atoms with Gasteiger partial charge in [0.15, 0.2) is 0 Å². The number of methoxy groups -OCH3 is 1. The number of carbonyl (C=O) groups is 2. The second-order valence-electron chi connectivity index (χ2n) is 4.62. The second kappa shape index (κ2) is 7.21. The van der Waals surface area contributed by atoms with Crippen LogP contribution in [0.25, 0.3) is 0 Å². The predicted octanol–water partition coefficient (Wildman–Crippen LogP) is 1.52. The molecule has 6 nitrogen and oxygen atoms in total. The highest BCUT2D eigenvalue weighted by atomic mass is 16.5.